The Kier molecular flexibility index (Phi) is 5.30. The van der Waals surface area contributed by atoms with Crippen LogP contribution in [0.2, 0.25) is 0 Å². The molecule has 0 saturated heterocycles. The fourth-order valence-corrected chi connectivity index (χ4v) is 3.48. The molecule has 2 heterocycles. The number of aliphatic hydroxyl groups excluding tert-OH is 1. The average molecular weight is 396 g/mol. The zero-order valence-electron chi connectivity index (χ0n) is 16.0. The predicted molar refractivity (Wildman–Crippen MR) is 108 cm³/mol. The molecule has 152 valence electrons. The number of β-amino-alcohol motifs (C(OH)–C–C–N with tert-alkyl or cyclic N) is 1. The molecule has 9 nitrogen and oxygen atoms in total. The maximum atomic E-state index is 12.3. The van der Waals surface area contributed by atoms with E-state index in [2.05, 4.69) is 20.6 Å². The Hall–Kier alpha value is -3.20. The van der Waals surface area contributed by atoms with Crippen LogP contribution in [-0.4, -0.2) is 51.5 Å². The molecule has 4 rings (SSSR count). The summed E-state index contributed by atoms with van der Waals surface area (Å²) in [5, 5.41) is 15.5. The molecule has 1 aliphatic heterocycles. The number of carbonyl (C=O) groups excluding carboxylic acids is 2. The first-order valence-electron chi connectivity index (χ1n) is 9.74. The van der Waals surface area contributed by atoms with Gasteiger partial charge >= 0.3 is 0 Å². The van der Waals surface area contributed by atoms with Crippen molar-refractivity contribution in [1.29, 1.82) is 0 Å². The number of amides is 2. The van der Waals surface area contributed by atoms with Gasteiger partial charge in [0.15, 0.2) is 0 Å². The lowest BCUT2D eigenvalue weighted by molar-refractivity contribution is -0.117. The minimum absolute atomic E-state index is 0.0580. The van der Waals surface area contributed by atoms with Crippen molar-refractivity contribution in [3.05, 3.63) is 41.1 Å². The maximum Gasteiger partial charge on any atom is 0.254 e. The van der Waals surface area contributed by atoms with E-state index in [9.17, 15) is 9.59 Å². The molecule has 0 bridgehead atoms. The fourth-order valence-electron chi connectivity index (χ4n) is 3.48. The van der Waals surface area contributed by atoms with Gasteiger partial charge in [-0.3, -0.25) is 9.59 Å². The minimum Gasteiger partial charge on any atom is -0.395 e. The van der Waals surface area contributed by atoms with Crippen molar-refractivity contribution in [3.63, 3.8) is 0 Å². The summed E-state index contributed by atoms with van der Waals surface area (Å²) in [5.74, 6) is 1.19. The largest absolute Gasteiger partial charge is 0.395 e. The molecule has 2 aromatic rings. The molecule has 29 heavy (non-hydrogen) atoms. The van der Waals surface area contributed by atoms with E-state index in [0.717, 1.165) is 35.5 Å². The monoisotopic (exact) mass is 396 g/mol. The number of nitrogens with one attached hydrogen (secondary N) is 2. The van der Waals surface area contributed by atoms with E-state index in [-0.39, 0.29) is 24.8 Å². The molecule has 0 radical (unpaired) electrons. The fraction of sp³-hybridized carbons (Fsp3) is 0.400. The summed E-state index contributed by atoms with van der Waals surface area (Å²) in [6.45, 7) is 1.17. The van der Waals surface area contributed by atoms with Gasteiger partial charge in [0.1, 0.15) is 5.82 Å². The van der Waals surface area contributed by atoms with Gasteiger partial charge in [0.25, 0.3) is 5.91 Å². The minimum atomic E-state index is -0.360. The van der Waals surface area contributed by atoms with Crippen molar-refractivity contribution in [2.45, 2.75) is 31.7 Å². The summed E-state index contributed by atoms with van der Waals surface area (Å²) in [6, 6.07) is 5.50. The molecule has 0 atom stereocenters. The van der Waals surface area contributed by atoms with Crippen molar-refractivity contribution in [3.8, 4) is 0 Å². The smallest absolute Gasteiger partial charge is 0.254 e. The highest BCUT2D eigenvalue weighted by molar-refractivity contribution is 5.98. The van der Waals surface area contributed by atoms with E-state index in [1.165, 1.54) is 0 Å². The van der Waals surface area contributed by atoms with Crippen molar-refractivity contribution in [2.75, 3.05) is 30.3 Å². The van der Waals surface area contributed by atoms with Crippen molar-refractivity contribution < 1.29 is 14.7 Å². The summed E-state index contributed by atoms with van der Waals surface area (Å²) >= 11 is 0. The van der Waals surface area contributed by atoms with Crippen LogP contribution < -0.4 is 16.4 Å². The van der Waals surface area contributed by atoms with E-state index in [4.69, 9.17) is 10.8 Å². The lowest BCUT2D eigenvalue weighted by atomic mass is 10.1. The summed E-state index contributed by atoms with van der Waals surface area (Å²) < 4.78 is 0. The van der Waals surface area contributed by atoms with Gasteiger partial charge < -0.3 is 26.4 Å². The first-order valence-corrected chi connectivity index (χ1v) is 9.74. The molecule has 1 saturated carbocycles. The number of anilines is 3. The van der Waals surface area contributed by atoms with Crippen molar-refractivity contribution >= 4 is 29.3 Å². The second kappa shape index (κ2) is 8.04. The molecule has 0 spiro atoms. The van der Waals surface area contributed by atoms with Gasteiger partial charge in [-0.05, 0) is 42.5 Å². The SMILES string of the molecule is NC(=O)CCNc1nc(Nc2ccc3c(c2)CN(CCO)C3=O)ncc1C1CC1. The Balaban J connectivity index is 1.50. The summed E-state index contributed by atoms with van der Waals surface area (Å²) in [5.41, 5.74) is 8.61. The highest BCUT2D eigenvalue weighted by Crippen LogP contribution is 2.42. The van der Waals surface area contributed by atoms with Crippen LogP contribution in [0.5, 0.6) is 0 Å². The number of fused-ring (bicyclic) bond motifs is 1. The molecule has 1 aromatic heterocycles. The third-order valence-electron chi connectivity index (χ3n) is 5.11. The quantitative estimate of drug-likeness (QED) is 0.502. The first kappa shape index (κ1) is 19.1. The topological polar surface area (TPSA) is 133 Å². The maximum absolute atomic E-state index is 12.3. The lowest BCUT2D eigenvalue weighted by Gasteiger charge is -2.13. The van der Waals surface area contributed by atoms with Crippen LogP contribution in [0.1, 0.15) is 46.7 Å². The standard InChI is InChI=1S/C20H24N6O3/c21-17(28)5-6-22-18-16(12-1-2-12)10-23-20(25-18)24-14-3-4-15-13(9-14)11-26(7-8-27)19(15)29/h3-4,9-10,12,27H,1-2,5-8,11H2,(H2,21,28)(H2,22,23,24,25). The van der Waals surface area contributed by atoms with E-state index in [0.29, 0.717) is 37.1 Å². The molecule has 9 heteroatoms. The van der Waals surface area contributed by atoms with E-state index in [1.54, 1.807) is 11.0 Å². The third-order valence-corrected chi connectivity index (χ3v) is 5.11. The Morgan fingerprint density at radius 1 is 1.34 bits per heavy atom. The van der Waals surface area contributed by atoms with E-state index >= 15 is 0 Å². The number of nitrogens with zero attached hydrogens (tertiary/aromatic N) is 3. The van der Waals surface area contributed by atoms with Crippen LogP contribution in [0.4, 0.5) is 17.5 Å². The first-order chi connectivity index (χ1) is 14.0. The Morgan fingerprint density at radius 2 is 2.17 bits per heavy atom. The number of nitrogens with two attached hydrogens (primary N) is 1. The molecule has 1 fully saturated rings. The van der Waals surface area contributed by atoms with Crippen molar-refractivity contribution in [1.82, 2.24) is 14.9 Å². The molecule has 1 aliphatic carbocycles. The third kappa shape index (κ3) is 4.29. The van der Waals surface area contributed by atoms with Crippen LogP contribution in [0.25, 0.3) is 0 Å². The number of aliphatic hydroxyl groups is 1. The Labute approximate surface area is 168 Å². The van der Waals surface area contributed by atoms with Gasteiger partial charge in [-0.25, -0.2) is 4.98 Å². The molecule has 1 aromatic carbocycles. The summed E-state index contributed by atoms with van der Waals surface area (Å²) in [4.78, 5) is 33.9. The van der Waals surface area contributed by atoms with Crippen molar-refractivity contribution in [2.24, 2.45) is 5.73 Å². The van der Waals surface area contributed by atoms with Gasteiger partial charge in [0, 0.05) is 49.1 Å². The number of hydrogen-bond donors (Lipinski definition) is 4. The van der Waals surface area contributed by atoms with Gasteiger partial charge in [0.2, 0.25) is 11.9 Å². The molecule has 2 amide bonds. The summed E-state index contributed by atoms with van der Waals surface area (Å²) in [6.07, 6.45) is 4.28. The van der Waals surface area contributed by atoms with Gasteiger partial charge in [-0.1, -0.05) is 0 Å². The molecule has 0 unspecified atom stereocenters. The molecule has 2 aliphatic rings. The van der Waals surface area contributed by atoms with Crippen LogP contribution in [0.15, 0.2) is 24.4 Å². The van der Waals surface area contributed by atoms with Gasteiger partial charge in [-0.2, -0.15) is 4.98 Å². The number of carbonyl (C=O) groups is 2. The number of hydrogen-bond acceptors (Lipinski definition) is 7. The highest BCUT2D eigenvalue weighted by atomic mass is 16.3. The predicted octanol–water partition coefficient (Wildman–Crippen LogP) is 1.33. The Bertz CT molecular complexity index is 944. The van der Waals surface area contributed by atoms with Gasteiger partial charge in [-0.15, -0.1) is 0 Å². The average Bonchev–Trinajstić information content (AvgIpc) is 3.48. The highest BCUT2D eigenvalue weighted by Gasteiger charge is 2.28. The second-order valence-electron chi connectivity index (χ2n) is 7.36. The van der Waals surface area contributed by atoms with Gasteiger partial charge in [0.05, 0.1) is 6.61 Å². The van der Waals surface area contributed by atoms with Crippen LogP contribution >= 0.6 is 0 Å². The number of rotatable bonds is 9. The van der Waals surface area contributed by atoms with Crippen LogP contribution in [0, 0.1) is 0 Å². The zero-order valence-corrected chi connectivity index (χ0v) is 16.0. The zero-order chi connectivity index (χ0) is 20.4. The van der Waals surface area contributed by atoms with E-state index in [1.807, 2.05) is 18.3 Å². The number of primary amides is 1. The molecule has 5 N–H and O–H groups in total. The van der Waals surface area contributed by atoms with Crippen LogP contribution in [-0.2, 0) is 11.3 Å². The Morgan fingerprint density at radius 3 is 2.90 bits per heavy atom. The van der Waals surface area contributed by atoms with E-state index < -0.39 is 0 Å². The normalized spacial score (nSPS) is 15.3. The van der Waals surface area contributed by atoms with Crippen LogP contribution in [0.3, 0.4) is 0 Å². The summed E-state index contributed by atoms with van der Waals surface area (Å²) in [7, 11) is 0. The molecular weight excluding hydrogens is 372 g/mol. The number of benzene rings is 1. The lowest BCUT2D eigenvalue weighted by Crippen LogP contribution is -2.26. The number of aromatic nitrogens is 2. The second-order valence-corrected chi connectivity index (χ2v) is 7.36. The molecular formula is C20H24N6O3.